The molecule has 0 saturated heterocycles. The predicted molar refractivity (Wildman–Crippen MR) is 114 cm³/mol. The molecule has 29 heavy (non-hydrogen) atoms. The summed E-state index contributed by atoms with van der Waals surface area (Å²) in [5.41, 5.74) is 1.01. The van der Waals surface area contributed by atoms with Crippen LogP contribution in [0.1, 0.15) is 17.1 Å². The average molecular weight is 430 g/mol. The number of hydrogen-bond acceptors (Lipinski definition) is 8. The van der Waals surface area contributed by atoms with Gasteiger partial charge in [0.2, 0.25) is 4.96 Å². The van der Waals surface area contributed by atoms with Crippen molar-refractivity contribution in [2.75, 3.05) is 13.7 Å². The lowest BCUT2D eigenvalue weighted by molar-refractivity contribution is 0.189. The van der Waals surface area contributed by atoms with Gasteiger partial charge >= 0.3 is 0 Å². The molecule has 0 atom stereocenters. The van der Waals surface area contributed by atoms with Crippen LogP contribution in [0.5, 0.6) is 0 Å². The topological polar surface area (TPSA) is 91.4 Å². The number of hydrogen-bond donors (Lipinski definition) is 0. The van der Waals surface area contributed by atoms with Crippen molar-refractivity contribution in [3.63, 3.8) is 0 Å². The number of nitrogens with zero attached hydrogens (tertiary/aromatic N) is 5. The number of para-hydroxylation sites is 1. The molecule has 0 bridgehead atoms. The summed E-state index contributed by atoms with van der Waals surface area (Å²) in [6, 6.07) is 8.79. The molecule has 4 aromatic rings. The van der Waals surface area contributed by atoms with E-state index in [2.05, 4.69) is 15.1 Å². The van der Waals surface area contributed by atoms with Crippen molar-refractivity contribution >= 4 is 39.0 Å². The number of methoxy groups -OCH3 is 1. The Labute approximate surface area is 174 Å². The Morgan fingerprint density at radius 3 is 2.86 bits per heavy atom. The van der Waals surface area contributed by atoms with Gasteiger partial charge in [-0.15, -0.1) is 0 Å². The van der Waals surface area contributed by atoms with E-state index in [0.29, 0.717) is 52.0 Å². The fourth-order valence-corrected chi connectivity index (χ4v) is 4.67. The highest BCUT2D eigenvalue weighted by molar-refractivity contribution is 7.98. The summed E-state index contributed by atoms with van der Waals surface area (Å²) in [4.78, 5) is 35.0. The fraction of sp³-hybridized carbons (Fsp3) is 0.316. The van der Waals surface area contributed by atoms with Crippen LogP contribution in [0, 0.1) is 6.92 Å². The van der Waals surface area contributed by atoms with E-state index in [9.17, 15) is 9.59 Å². The SMILES string of the molecule is COCCCn1c(SCc2cc(=O)n3nc(C)sc3n2)nc2ccccc2c1=O. The Morgan fingerprint density at radius 2 is 2.03 bits per heavy atom. The van der Waals surface area contributed by atoms with Gasteiger partial charge in [0.25, 0.3) is 11.1 Å². The van der Waals surface area contributed by atoms with Crippen LogP contribution in [0.4, 0.5) is 0 Å². The maximum absolute atomic E-state index is 13.0. The molecule has 0 aliphatic heterocycles. The van der Waals surface area contributed by atoms with Crippen molar-refractivity contribution in [3.8, 4) is 0 Å². The summed E-state index contributed by atoms with van der Waals surface area (Å²) < 4.78 is 8.11. The first kappa shape index (κ1) is 19.7. The molecule has 0 unspecified atom stereocenters. The summed E-state index contributed by atoms with van der Waals surface area (Å²) in [5.74, 6) is 0.428. The molecule has 0 amide bonds. The van der Waals surface area contributed by atoms with Crippen LogP contribution >= 0.6 is 23.1 Å². The average Bonchev–Trinajstić information content (AvgIpc) is 3.09. The number of ether oxygens (including phenoxy) is 1. The standard InChI is InChI=1S/C19H19N5O3S2/c1-12-22-24-16(25)10-13(20-19(24)29-12)11-28-18-21-15-7-4-3-6-14(15)17(26)23(18)8-5-9-27-2/h3-4,6-7,10H,5,8-9,11H2,1-2H3. The van der Waals surface area contributed by atoms with Gasteiger partial charge in [0.15, 0.2) is 5.16 Å². The van der Waals surface area contributed by atoms with E-state index >= 15 is 0 Å². The maximum atomic E-state index is 13.0. The highest BCUT2D eigenvalue weighted by Crippen LogP contribution is 2.22. The fourth-order valence-electron chi connectivity index (χ4n) is 2.99. The van der Waals surface area contributed by atoms with Crippen molar-refractivity contribution in [2.24, 2.45) is 0 Å². The minimum Gasteiger partial charge on any atom is -0.385 e. The summed E-state index contributed by atoms with van der Waals surface area (Å²) in [5, 5.41) is 6.13. The van der Waals surface area contributed by atoms with E-state index in [1.54, 1.807) is 17.7 Å². The molecule has 8 nitrogen and oxygen atoms in total. The van der Waals surface area contributed by atoms with Crippen LogP contribution in [0.25, 0.3) is 15.9 Å². The summed E-state index contributed by atoms with van der Waals surface area (Å²) >= 11 is 2.77. The number of rotatable bonds is 7. The molecule has 150 valence electrons. The second-order valence-electron chi connectivity index (χ2n) is 6.40. The Kier molecular flexibility index (Phi) is 5.74. The second kappa shape index (κ2) is 8.44. The van der Waals surface area contributed by atoms with Gasteiger partial charge in [-0.1, -0.05) is 35.2 Å². The van der Waals surface area contributed by atoms with Crippen molar-refractivity contribution in [3.05, 3.63) is 61.7 Å². The molecule has 0 aliphatic carbocycles. The van der Waals surface area contributed by atoms with Crippen molar-refractivity contribution in [1.29, 1.82) is 0 Å². The quantitative estimate of drug-likeness (QED) is 0.253. The first-order valence-corrected chi connectivity index (χ1v) is 10.8. The zero-order valence-electron chi connectivity index (χ0n) is 16.0. The third kappa shape index (κ3) is 4.09. The molecule has 0 spiro atoms. The van der Waals surface area contributed by atoms with Gasteiger partial charge in [0, 0.05) is 32.1 Å². The molecular formula is C19H19N5O3S2. The molecule has 0 radical (unpaired) electrons. The van der Waals surface area contributed by atoms with Crippen molar-refractivity contribution in [1.82, 2.24) is 24.1 Å². The molecule has 10 heteroatoms. The second-order valence-corrected chi connectivity index (χ2v) is 8.51. The minimum atomic E-state index is -0.209. The van der Waals surface area contributed by atoms with Crippen LogP contribution in [0.15, 0.2) is 45.1 Å². The Bertz CT molecular complexity index is 1290. The zero-order chi connectivity index (χ0) is 20.4. The molecule has 0 saturated carbocycles. The molecule has 4 rings (SSSR count). The van der Waals surface area contributed by atoms with Crippen molar-refractivity contribution in [2.45, 2.75) is 30.8 Å². The van der Waals surface area contributed by atoms with E-state index in [0.717, 1.165) is 5.01 Å². The Balaban J connectivity index is 1.68. The van der Waals surface area contributed by atoms with Crippen LogP contribution in [0.3, 0.4) is 0 Å². The van der Waals surface area contributed by atoms with Crippen LogP contribution < -0.4 is 11.1 Å². The largest absolute Gasteiger partial charge is 0.385 e. The normalized spacial score (nSPS) is 11.5. The molecule has 1 aromatic carbocycles. The molecular weight excluding hydrogens is 410 g/mol. The molecule has 0 N–H and O–H groups in total. The molecule has 0 aliphatic rings. The smallest absolute Gasteiger partial charge is 0.275 e. The van der Waals surface area contributed by atoms with Gasteiger partial charge in [0.05, 0.1) is 16.6 Å². The lowest BCUT2D eigenvalue weighted by Crippen LogP contribution is -2.24. The highest BCUT2D eigenvalue weighted by Gasteiger charge is 2.13. The van der Waals surface area contributed by atoms with Gasteiger partial charge in [-0.3, -0.25) is 14.2 Å². The zero-order valence-corrected chi connectivity index (χ0v) is 17.6. The molecule has 3 aromatic heterocycles. The van der Waals surface area contributed by atoms with Gasteiger partial charge in [0.1, 0.15) is 5.01 Å². The highest BCUT2D eigenvalue weighted by atomic mass is 32.2. The minimum absolute atomic E-state index is 0.0734. The first-order chi connectivity index (χ1) is 14.1. The monoisotopic (exact) mass is 429 g/mol. The lowest BCUT2D eigenvalue weighted by atomic mass is 10.2. The lowest BCUT2D eigenvalue weighted by Gasteiger charge is -2.12. The summed E-state index contributed by atoms with van der Waals surface area (Å²) in [6.45, 7) is 2.91. The Morgan fingerprint density at radius 1 is 1.21 bits per heavy atom. The van der Waals surface area contributed by atoms with Gasteiger partial charge in [-0.25, -0.2) is 9.97 Å². The van der Waals surface area contributed by atoms with Gasteiger partial charge in [-0.05, 0) is 25.5 Å². The maximum Gasteiger partial charge on any atom is 0.275 e. The summed E-state index contributed by atoms with van der Waals surface area (Å²) in [7, 11) is 1.64. The number of aromatic nitrogens is 5. The molecule has 0 fully saturated rings. The van der Waals surface area contributed by atoms with Crippen LogP contribution in [-0.2, 0) is 17.0 Å². The van der Waals surface area contributed by atoms with E-state index in [4.69, 9.17) is 4.74 Å². The van der Waals surface area contributed by atoms with Crippen LogP contribution in [-0.4, -0.2) is 37.9 Å². The number of benzene rings is 1. The van der Waals surface area contributed by atoms with E-state index in [-0.39, 0.29) is 11.1 Å². The number of fused-ring (bicyclic) bond motifs is 2. The third-order valence-electron chi connectivity index (χ3n) is 4.31. The third-order valence-corrected chi connectivity index (χ3v) is 6.14. The molecule has 3 heterocycles. The van der Waals surface area contributed by atoms with E-state index < -0.39 is 0 Å². The summed E-state index contributed by atoms with van der Waals surface area (Å²) in [6.07, 6.45) is 0.704. The number of thioether (sulfide) groups is 1. The van der Waals surface area contributed by atoms with E-state index in [1.807, 2.05) is 25.1 Å². The van der Waals surface area contributed by atoms with Crippen LogP contribution in [0.2, 0.25) is 0 Å². The first-order valence-electron chi connectivity index (χ1n) is 9.04. The van der Waals surface area contributed by atoms with Gasteiger partial charge in [-0.2, -0.15) is 9.61 Å². The van der Waals surface area contributed by atoms with E-state index in [1.165, 1.54) is 33.7 Å². The predicted octanol–water partition coefficient (Wildman–Crippen LogP) is 2.50. The van der Waals surface area contributed by atoms with Gasteiger partial charge < -0.3 is 4.74 Å². The number of aryl methyl sites for hydroxylation is 1. The van der Waals surface area contributed by atoms with Crippen molar-refractivity contribution < 1.29 is 4.74 Å². The Hall–Kier alpha value is -2.56.